The van der Waals surface area contributed by atoms with Crippen molar-refractivity contribution in [2.45, 2.75) is 5.75 Å². The number of fused-ring (bicyclic) bond motifs is 1. The van der Waals surface area contributed by atoms with Crippen LogP contribution in [-0.2, 0) is 5.75 Å². The Kier molecular flexibility index (Phi) is 1.50. The average molecular weight is 166 g/mol. The maximum Gasteiger partial charge on any atom is 0.179 e. The molecular weight excluding hydrogens is 160 g/mol. The maximum absolute atomic E-state index is 4.11. The first-order valence-electron chi connectivity index (χ1n) is 3.16. The summed E-state index contributed by atoms with van der Waals surface area (Å²) in [6, 6.07) is 0. The van der Waals surface area contributed by atoms with Gasteiger partial charge in [-0.3, -0.25) is 9.38 Å². The third kappa shape index (κ3) is 0.970. The normalized spacial score (nSPS) is 10.6. The number of nitrogens with zero attached hydrogens (tertiary/aromatic N) is 4. The summed E-state index contributed by atoms with van der Waals surface area (Å²) >= 11 is 4.11. The lowest BCUT2D eigenvalue weighted by atomic mass is 10.6. The van der Waals surface area contributed by atoms with E-state index in [1.807, 2.05) is 10.6 Å². The number of rotatable bonds is 1. The zero-order valence-electron chi connectivity index (χ0n) is 5.68. The summed E-state index contributed by atoms with van der Waals surface area (Å²) in [5.74, 6) is 1.43. The van der Waals surface area contributed by atoms with Crippen LogP contribution in [-0.4, -0.2) is 19.6 Å². The number of hydrogen-bond acceptors (Lipinski definition) is 4. The van der Waals surface area contributed by atoms with E-state index < -0.39 is 0 Å². The Morgan fingerprint density at radius 3 is 3.18 bits per heavy atom. The Morgan fingerprint density at radius 2 is 2.36 bits per heavy atom. The SMILES string of the molecule is SCc1nnc2cnccn12. The minimum absolute atomic E-state index is 0.588. The van der Waals surface area contributed by atoms with Crippen molar-refractivity contribution >= 4 is 18.3 Å². The summed E-state index contributed by atoms with van der Waals surface area (Å²) < 4.78 is 1.86. The van der Waals surface area contributed by atoms with Crippen molar-refractivity contribution in [3.05, 3.63) is 24.4 Å². The molecule has 2 rings (SSSR count). The molecule has 0 bridgehead atoms. The van der Waals surface area contributed by atoms with Crippen LogP contribution in [0.25, 0.3) is 5.65 Å². The van der Waals surface area contributed by atoms with E-state index in [9.17, 15) is 0 Å². The predicted molar refractivity (Wildman–Crippen MR) is 43.5 cm³/mol. The Hall–Kier alpha value is -1.10. The molecule has 0 spiro atoms. The second-order valence-corrected chi connectivity index (χ2v) is 2.40. The summed E-state index contributed by atoms with van der Waals surface area (Å²) in [6.07, 6.45) is 5.18. The minimum atomic E-state index is 0.588. The largest absolute Gasteiger partial charge is 0.283 e. The van der Waals surface area contributed by atoms with Crippen molar-refractivity contribution in [3.63, 3.8) is 0 Å². The smallest absolute Gasteiger partial charge is 0.179 e. The summed E-state index contributed by atoms with van der Waals surface area (Å²) in [7, 11) is 0. The Labute approximate surface area is 68.7 Å². The van der Waals surface area contributed by atoms with Gasteiger partial charge in [-0.25, -0.2) is 0 Å². The highest BCUT2D eigenvalue weighted by Crippen LogP contribution is 2.02. The topological polar surface area (TPSA) is 43.1 Å². The highest BCUT2D eigenvalue weighted by Gasteiger charge is 2.00. The monoisotopic (exact) mass is 166 g/mol. The zero-order chi connectivity index (χ0) is 7.68. The van der Waals surface area contributed by atoms with Crippen LogP contribution >= 0.6 is 12.6 Å². The molecule has 0 saturated heterocycles. The molecule has 5 heteroatoms. The molecule has 11 heavy (non-hydrogen) atoms. The van der Waals surface area contributed by atoms with Crippen LogP contribution in [0.2, 0.25) is 0 Å². The third-order valence-corrected chi connectivity index (χ3v) is 1.71. The van der Waals surface area contributed by atoms with Gasteiger partial charge >= 0.3 is 0 Å². The second-order valence-electron chi connectivity index (χ2n) is 2.08. The van der Waals surface area contributed by atoms with Gasteiger partial charge in [0.15, 0.2) is 5.65 Å². The molecule has 0 unspecified atom stereocenters. The van der Waals surface area contributed by atoms with E-state index in [0.29, 0.717) is 5.75 Å². The van der Waals surface area contributed by atoms with E-state index in [2.05, 4.69) is 27.8 Å². The van der Waals surface area contributed by atoms with Crippen LogP contribution in [0, 0.1) is 0 Å². The predicted octanol–water partition coefficient (Wildman–Crippen LogP) is 0.554. The van der Waals surface area contributed by atoms with Gasteiger partial charge in [-0.2, -0.15) is 12.6 Å². The highest BCUT2D eigenvalue weighted by atomic mass is 32.1. The van der Waals surface area contributed by atoms with E-state index in [1.54, 1.807) is 12.4 Å². The Bertz CT molecular complexity index is 369. The molecule has 0 atom stereocenters. The lowest BCUT2D eigenvalue weighted by molar-refractivity contribution is 0.988. The van der Waals surface area contributed by atoms with Crippen LogP contribution in [0.5, 0.6) is 0 Å². The van der Waals surface area contributed by atoms with Gasteiger partial charge in [-0.05, 0) is 0 Å². The summed E-state index contributed by atoms with van der Waals surface area (Å²) in [5, 5.41) is 7.80. The van der Waals surface area contributed by atoms with Gasteiger partial charge in [0.2, 0.25) is 0 Å². The first kappa shape index (κ1) is 6.60. The second kappa shape index (κ2) is 2.50. The van der Waals surface area contributed by atoms with Gasteiger partial charge in [0, 0.05) is 12.4 Å². The lowest BCUT2D eigenvalue weighted by Gasteiger charge is -1.91. The van der Waals surface area contributed by atoms with Crippen molar-refractivity contribution in [2.24, 2.45) is 0 Å². The maximum atomic E-state index is 4.11. The highest BCUT2D eigenvalue weighted by molar-refractivity contribution is 7.79. The first-order valence-corrected chi connectivity index (χ1v) is 3.79. The molecule has 0 aliphatic carbocycles. The molecule has 0 aromatic carbocycles. The number of aromatic nitrogens is 4. The zero-order valence-corrected chi connectivity index (χ0v) is 6.57. The third-order valence-electron chi connectivity index (χ3n) is 1.43. The van der Waals surface area contributed by atoms with Crippen molar-refractivity contribution in [3.8, 4) is 0 Å². The molecule has 0 amide bonds. The fourth-order valence-corrected chi connectivity index (χ4v) is 1.13. The van der Waals surface area contributed by atoms with Crippen molar-refractivity contribution in [1.29, 1.82) is 0 Å². The summed E-state index contributed by atoms with van der Waals surface area (Å²) in [5.41, 5.74) is 0.761. The fraction of sp³-hybridized carbons (Fsp3) is 0.167. The molecule has 4 nitrogen and oxygen atoms in total. The summed E-state index contributed by atoms with van der Waals surface area (Å²) in [4.78, 5) is 3.91. The van der Waals surface area contributed by atoms with E-state index in [4.69, 9.17) is 0 Å². The van der Waals surface area contributed by atoms with Gasteiger partial charge in [-0.1, -0.05) is 0 Å². The van der Waals surface area contributed by atoms with Gasteiger partial charge in [-0.15, -0.1) is 10.2 Å². The molecular formula is C6H6N4S. The fourth-order valence-electron chi connectivity index (χ4n) is 0.911. The first-order chi connectivity index (χ1) is 5.42. The molecule has 0 radical (unpaired) electrons. The van der Waals surface area contributed by atoms with Crippen molar-refractivity contribution < 1.29 is 0 Å². The number of hydrogen-bond donors (Lipinski definition) is 1. The number of thiol groups is 1. The Morgan fingerprint density at radius 1 is 1.45 bits per heavy atom. The molecule has 0 aliphatic heterocycles. The van der Waals surface area contributed by atoms with Gasteiger partial charge in [0.25, 0.3) is 0 Å². The molecule has 0 fully saturated rings. The molecule has 0 N–H and O–H groups in total. The van der Waals surface area contributed by atoms with Crippen LogP contribution in [0.4, 0.5) is 0 Å². The van der Waals surface area contributed by atoms with E-state index in [-0.39, 0.29) is 0 Å². The lowest BCUT2D eigenvalue weighted by Crippen LogP contribution is -1.90. The van der Waals surface area contributed by atoms with E-state index in [1.165, 1.54) is 0 Å². The standard InChI is InChI=1S/C6H6N4S/c11-4-6-9-8-5-3-7-1-2-10(5)6/h1-3,11H,4H2. The summed E-state index contributed by atoms with van der Waals surface area (Å²) in [6.45, 7) is 0. The van der Waals surface area contributed by atoms with Crippen LogP contribution in [0.3, 0.4) is 0 Å². The Balaban J connectivity index is 2.76. The quantitative estimate of drug-likeness (QED) is 0.629. The molecule has 2 aromatic heterocycles. The van der Waals surface area contributed by atoms with Crippen LogP contribution < -0.4 is 0 Å². The van der Waals surface area contributed by atoms with Crippen molar-refractivity contribution in [2.75, 3.05) is 0 Å². The molecule has 0 aliphatic rings. The van der Waals surface area contributed by atoms with Gasteiger partial charge in [0.1, 0.15) is 5.82 Å². The minimum Gasteiger partial charge on any atom is -0.283 e. The van der Waals surface area contributed by atoms with E-state index >= 15 is 0 Å². The average Bonchev–Trinajstić information content (AvgIpc) is 2.47. The molecule has 56 valence electrons. The van der Waals surface area contributed by atoms with Gasteiger partial charge in [0.05, 0.1) is 11.9 Å². The van der Waals surface area contributed by atoms with Gasteiger partial charge < -0.3 is 0 Å². The van der Waals surface area contributed by atoms with Crippen molar-refractivity contribution in [1.82, 2.24) is 19.6 Å². The molecule has 0 saturated carbocycles. The molecule has 2 aromatic rings. The molecule has 2 heterocycles. The van der Waals surface area contributed by atoms with Crippen LogP contribution in [0.1, 0.15) is 5.82 Å². The van der Waals surface area contributed by atoms with E-state index in [0.717, 1.165) is 11.5 Å². The van der Waals surface area contributed by atoms with Crippen LogP contribution in [0.15, 0.2) is 18.6 Å².